The summed E-state index contributed by atoms with van der Waals surface area (Å²) in [5.74, 6) is -0.150. The molecule has 0 saturated heterocycles. The molecule has 0 saturated carbocycles. The van der Waals surface area contributed by atoms with Gasteiger partial charge in [0.25, 0.3) is 0 Å². The largest absolute Gasteiger partial charge is 0.389 e. The van der Waals surface area contributed by atoms with Gasteiger partial charge in [-0.05, 0) is 37.0 Å². The van der Waals surface area contributed by atoms with Crippen LogP contribution in [-0.2, 0) is 11.2 Å². The van der Waals surface area contributed by atoms with Gasteiger partial charge in [-0.3, -0.25) is 4.79 Å². The maximum absolute atomic E-state index is 12.3. The van der Waals surface area contributed by atoms with Crippen LogP contribution in [0.25, 0.3) is 0 Å². The van der Waals surface area contributed by atoms with E-state index in [1.54, 1.807) is 24.3 Å². The predicted molar refractivity (Wildman–Crippen MR) is 88.8 cm³/mol. The van der Waals surface area contributed by atoms with Gasteiger partial charge in [-0.1, -0.05) is 26.0 Å². The number of amides is 1. The van der Waals surface area contributed by atoms with Crippen LogP contribution >= 0.6 is 12.4 Å². The summed E-state index contributed by atoms with van der Waals surface area (Å²) in [6.07, 6.45) is -3.80. The van der Waals surface area contributed by atoms with Crippen LogP contribution in [-0.4, -0.2) is 18.6 Å². The van der Waals surface area contributed by atoms with Gasteiger partial charge in [0, 0.05) is 18.7 Å². The number of aryl methyl sites for hydroxylation is 1. The maximum Gasteiger partial charge on any atom is 0.389 e. The zero-order chi connectivity index (χ0) is 16.8. The van der Waals surface area contributed by atoms with Gasteiger partial charge in [0.05, 0.1) is 5.41 Å². The first kappa shape index (κ1) is 21.7. The summed E-state index contributed by atoms with van der Waals surface area (Å²) in [6, 6.07) is 6.44. The van der Waals surface area contributed by atoms with Crippen molar-refractivity contribution in [3.05, 3.63) is 29.8 Å². The van der Waals surface area contributed by atoms with Gasteiger partial charge in [-0.25, -0.2) is 0 Å². The minimum atomic E-state index is -4.16. The molecule has 0 heterocycles. The average molecular weight is 353 g/mol. The van der Waals surface area contributed by atoms with E-state index in [1.807, 2.05) is 13.8 Å². The third-order valence-corrected chi connectivity index (χ3v) is 4.13. The number of carbonyl (C=O) groups is 1. The van der Waals surface area contributed by atoms with Crippen LogP contribution in [0.4, 0.5) is 18.9 Å². The van der Waals surface area contributed by atoms with Crippen molar-refractivity contribution >= 4 is 24.0 Å². The number of anilines is 1. The smallest absolute Gasteiger partial charge is 0.329 e. The van der Waals surface area contributed by atoms with E-state index in [1.165, 1.54) is 0 Å². The second-order valence-electron chi connectivity index (χ2n) is 5.46. The zero-order valence-corrected chi connectivity index (χ0v) is 14.2. The van der Waals surface area contributed by atoms with Crippen molar-refractivity contribution in [2.75, 3.05) is 11.9 Å². The Bertz CT molecular complexity index is 477. The quantitative estimate of drug-likeness (QED) is 0.768. The zero-order valence-electron chi connectivity index (χ0n) is 13.4. The van der Waals surface area contributed by atoms with Crippen molar-refractivity contribution in [2.45, 2.75) is 45.7 Å². The van der Waals surface area contributed by atoms with E-state index in [0.29, 0.717) is 24.1 Å². The Kier molecular flexibility index (Phi) is 8.63. The molecule has 0 aliphatic rings. The summed E-state index contributed by atoms with van der Waals surface area (Å²) in [7, 11) is 0. The molecular formula is C16H24ClF3N2O. The molecule has 0 radical (unpaired) electrons. The molecule has 0 aliphatic heterocycles. The van der Waals surface area contributed by atoms with E-state index in [9.17, 15) is 18.0 Å². The van der Waals surface area contributed by atoms with Crippen LogP contribution in [0.3, 0.4) is 0 Å². The molecule has 1 aromatic carbocycles. The summed E-state index contributed by atoms with van der Waals surface area (Å²) in [5, 5.41) is 2.79. The minimum absolute atomic E-state index is 0. The maximum atomic E-state index is 12.3. The Labute approximate surface area is 141 Å². The normalized spacial score (nSPS) is 11.7. The second-order valence-corrected chi connectivity index (χ2v) is 5.46. The molecule has 7 heteroatoms. The first-order chi connectivity index (χ1) is 10.3. The highest BCUT2D eigenvalue weighted by atomic mass is 35.5. The Hall–Kier alpha value is -1.27. The molecule has 0 bridgehead atoms. The lowest BCUT2D eigenvalue weighted by molar-refractivity contribution is -0.134. The number of benzene rings is 1. The fraction of sp³-hybridized carbons (Fsp3) is 0.562. The first-order valence-corrected chi connectivity index (χ1v) is 7.43. The molecule has 1 aromatic rings. The monoisotopic (exact) mass is 352 g/mol. The predicted octanol–water partition coefficient (Wildman–Crippen LogP) is 4.31. The molecule has 1 amide bonds. The fourth-order valence-electron chi connectivity index (χ4n) is 2.26. The Morgan fingerprint density at radius 1 is 1.13 bits per heavy atom. The van der Waals surface area contributed by atoms with E-state index in [4.69, 9.17) is 5.73 Å². The molecule has 3 N–H and O–H groups in total. The third-order valence-electron chi connectivity index (χ3n) is 4.13. The average Bonchev–Trinajstić information content (AvgIpc) is 2.48. The number of nitrogens with one attached hydrogen (secondary N) is 1. The van der Waals surface area contributed by atoms with Crippen LogP contribution in [0.2, 0.25) is 0 Å². The number of hydrogen-bond acceptors (Lipinski definition) is 2. The molecule has 1 rings (SSSR count). The van der Waals surface area contributed by atoms with E-state index in [0.717, 1.165) is 0 Å². The summed E-state index contributed by atoms with van der Waals surface area (Å²) in [5.41, 5.74) is 6.28. The molecule has 132 valence electrons. The van der Waals surface area contributed by atoms with Crippen molar-refractivity contribution in [2.24, 2.45) is 11.1 Å². The van der Waals surface area contributed by atoms with Gasteiger partial charge >= 0.3 is 6.18 Å². The van der Waals surface area contributed by atoms with Gasteiger partial charge in [0.2, 0.25) is 5.91 Å². The van der Waals surface area contributed by atoms with Crippen molar-refractivity contribution < 1.29 is 18.0 Å². The van der Waals surface area contributed by atoms with E-state index < -0.39 is 18.0 Å². The molecule has 0 aromatic heterocycles. The van der Waals surface area contributed by atoms with Gasteiger partial charge in [0.1, 0.15) is 0 Å². The highest BCUT2D eigenvalue weighted by molar-refractivity contribution is 5.95. The molecule has 0 spiro atoms. The highest BCUT2D eigenvalue weighted by Gasteiger charge is 2.33. The lowest BCUT2D eigenvalue weighted by Gasteiger charge is -2.28. The van der Waals surface area contributed by atoms with Gasteiger partial charge < -0.3 is 11.1 Å². The molecule has 23 heavy (non-hydrogen) atoms. The summed E-state index contributed by atoms with van der Waals surface area (Å²) in [6.45, 7) is 4.09. The van der Waals surface area contributed by atoms with E-state index in [2.05, 4.69) is 5.32 Å². The Morgan fingerprint density at radius 3 is 2.04 bits per heavy atom. The molecule has 0 aliphatic carbocycles. The standard InChI is InChI=1S/C16H23F3N2O.ClH/c1-3-15(4-2,11-20)14(22)21-13-7-5-12(6-8-13)9-10-16(17,18)19;/h5-8H,3-4,9-11,20H2,1-2H3,(H,21,22);1H. The molecule has 0 fully saturated rings. The van der Waals surface area contributed by atoms with Crippen LogP contribution in [0.5, 0.6) is 0 Å². The fourth-order valence-corrected chi connectivity index (χ4v) is 2.26. The summed E-state index contributed by atoms with van der Waals surface area (Å²) < 4.78 is 36.5. The number of halogens is 4. The van der Waals surface area contributed by atoms with E-state index in [-0.39, 0.29) is 31.3 Å². The van der Waals surface area contributed by atoms with Crippen molar-refractivity contribution in [1.29, 1.82) is 0 Å². The molecule has 0 unspecified atom stereocenters. The van der Waals surface area contributed by atoms with Crippen LogP contribution in [0.1, 0.15) is 38.7 Å². The second kappa shape index (κ2) is 9.13. The van der Waals surface area contributed by atoms with Crippen molar-refractivity contribution in [3.63, 3.8) is 0 Å². The summed E-state index contributed by atoms with van der Waals surface area (Å²) in [4.78, 5) is 12.3. The summed E-state index contributed by atoms with van der Waals surface area (Å²) >= 11 is 0. The number of hydrogen-bond donors (Lipinski definition) is 2. The first-order valence-electron chi connectivity index (χ1n) is 7.43. The van der Waals surface area contributed by atoms with Crippen molar-refractivity contribution in [3.8, 4) is 0 Å². The van der Waals surface area contributed by atoms with Crippen LogP contribution in [0, 0.1) is 5.41 Å². The lowest BCUT2D eigenvalue weighted by atomic mass is 9.81. The molecule has 0 atom stereocenters. The molecular weight excluding hydrogens is 329 g/mol. The van der Waals surface area contributed by atoms with Gasteiger partial charge in [-0.2, -0.15) is 13.2 Å². The number of rotatable bonds is 7. The van der Waals surface area contributed by atoms with Crippen LogP contribution in [0.15, 0.2) is 24.3 Å². The highest BCUT2D eigenvalue weighted by Crippen LogP contribution is 2.27. The molecule has 3 nitrogen and oxygen atoms in total. The van der Waals surface area contributed by atoms with Gasteiger partial charge in [-0.15, -0.1) is 12.4 Å². The van der Waals surface area contributed by atoms with Gasteiger partial charge in [0.15, 0.2) is 0 Å². The number of nitrogens with two attached hydrogens (primary N) is 1. The lowest BCUT2D eigenvalue weighted by Crippen LogP contribution is -2.41. The number of carbonyl (C=O) groups excluding carboxylic acids is 1. The Morgan fingerprint density at radius 2 is 1.65 bits per heavy atom. The SMILES string of the molecule is CCC(CC)(CN)C(=O)Nc1ccc(CCC(F)(F)F)cc1.Cl. The number of alkyl halides is 3. The van der Waals surface area contributed by atoms with Crippen LogP contribution < -0.4 is 11.1 Å². The van der Waals surface area contributed by atoms with E-state index >= 15 is 0 Å². The Balaban J connectivity index is 0.00000484. The third kappa shape index (κ3) is 6.39. The van der Waals surface area contributed by atoms with Crippen molar-refractivity contribution in [1.82, 2.24) is 0 Å². The minimum Gasteiger partial charge on any atom is -0.329 e. The topological polar surface area (TPSA) is 55.1 Å².